The van der Waals surface area contributed by atoms with Crippen molar-refractivity contribution in [1.82, 2.24) is 4.90 Å². The average molecular weight is 417 g/mol. The highest BCUT2D eigenvalue weighted by molar-refractivity contribution is 7.91. The van der Waals surface area contributed by atoms with Gasteiger partial charge in [0.1, 0.15) is 5.56 Å². The second kappa shape index (κ2) is 8.20. The SMILES string of the molecule is CN(C)c1ccc(CN(C(=O)c2ccccc2[N+](=O)[O-])[C@@H]2CCS(=O)(=O)C2)cc1. The Bertz CT molecular complexity index is 1020. The molecule has 0 bridgehead atoms. The molecule has 0 aliphatic carbocycles. The number of carbonyl (C=O) groups is 1. The van der Waals surface area contributed by atoms with Crippen molar-refractivity contribution < 1.29 is 18.1 Å². The minimum absolute atomic E-state index is 0.0118. The van der Waals surface area contributed by atoms with E-state index in [2.05, 4.69) is 0 Å². The molecule has 3 rings (SSSR count). The molecule has 0 spiro atoms. The van der Waals surface area contributed by atoms with Crippen molar-refractivity contribution in [3.05, 3.63) is 69.8 Å². The van der Waals surface area contributed by atoms with Crippen molar-refractivity contribution in [2.24, 2.45) is 0 Å². The third-order valence-corrected chi connectivity index (χ3v) is 6.80. The van der Waals surface area contributed by atoms with Crippen molar-refractivity contribution in [2.45, 2.75) is 19.0 Å². The van der Waals surface area contributed by atoms with Crippen molar-refractivity contribution in [1.29, 1.82) is 0 Å². The Morgan fingerprint density at radius 3 is 2.34 bits per heavy atom. The lowest BCUT2D eigenvalue weighted by molar-refractivity contribution is -0.385. The fourth-order valence-electron chi connectivity index (χ4n) is 3.45. The Balaban J connectivity index is 1.95. The second-order valence-electron chi connectivity index (χ2n) is 7.33. The Kier molecular flexibility index (Phi) is 5.88. The first-order chi connectivity index (χ1) is 13.7. The summed E-state index contributed by atoms with van der Waals surface area (Å²) in [5.74, 6) is -0.649. The van der Waals surface area contributed by atoms with Crippen LogP contribution in [0.3, 0.4) is 0 Å². The molecule has 2 aromatic carbocycles. The molecular formula is C20H23N3O5S. The minimum Gasteiger partial charge on any atom is -0.378 e. The zero-order valence-electron chi connectivity index (χ0n) is 16.3. The van der Waals surface area contributed by atoms with Crippen molar-refractivity contribution in [3.63, 3.8) is 0 Å². The lowest BCUT2D eigenvalue weighted by atomic mass is 10.1. The van der Waals surface area contributed by atoms with E-state index in [9.17, 15) is 23.3 Å². The minimum atomic E-state index is -3.23. The number of benzene rings is 2. The number of para-hydroxylation sites is 1. The van der Waals surface area contributed by atoms with Gasteiger partial charge in [-0.1, -0.05) is 24.3 Å². The first-order valence-corrected chi connectivity index (χ1v) is 11.0. The van der Waals surface area contributed by atoms with E-state index in [1.807, 2.05) is 43.3 Å². The Morgan fingerprint density at radius 2 is 1.79 bits per heavy atom. The monoisotopic (exact) mass is 417 g/mol. The highest BCUT2D eigenvalue weighted by Gasteiger charge is 2.36. The summed E-state index contributed by atoms with van der Waals surface area (Å²) in [5, 5.41) is 11.4. The molecule has 1 heterocycles. The van der Waals surface area contributed by atoms with E-state index in [-0.39, 0.29) is 29.3 Å². The smallest absolute Gasteiger partial charge is 0.282 e. The summed E-state index contributed by atoms with van der Waals surface area (Å²) in [6, 6.07) is 12.8. The summed E-state index contributed by atoms with van der Waals surface area (Å²) in [5.41, 5.74) is 1.50. The van der Waals surface area contributed by atoms with Crippen LogP contribution < -0.4 is 4.90 Å². The first-order valence-electron chi connectivity index (χ1n) is 9.19. The van der Waals surface area contributed by atoms with Crippen LogP contribution in [0.1, 0.15) is 22.3 Å². The van der Waals surface area contributed by atoms with E-state index in [0.717, 1.165) is 11.3 Å². The van der Waals surface area contributed by atoms with Crippen molar-refractivity contribution >= 4 is 27.1 Å². The van der Waals surface area contributed by atoms with Gasteiger partial charge in [-0.3, -0.25) is 14.9 Å². The normalized spacial score (nSPS) is 17.7. The zero-order chi connectivity index (χ0) is 21.2. The van der Waals surface area contributed by atoms with Crippen molar-refractivity contribution in [3.8, 4) is 0 Å². The molecular weight excluding hydrogens is 394 g/mol. The van der Waals surface area contributed by atoms with Crippen LogP contribution in [0.2, 0.25) is 0 Å². The maximum absolute atomic E-state index is 13.3. The van der Waals surface area contributed by atoms with Gasteiger partial charge in [-0.15, -0.1) is 0 Å². The number of nitro groups is 1. The van der Waals surface area contributed by atoms with Crippen LogP contribution in [0.4, 0.5) is 11.4 Å². The van der Waals surface area contributed by atoms with Crippen LogP contribution in [0.15, 0.2) is 48.5 Å². The molecule has 9 heteroatoms. The standard InChI is InChI=1S/C20H23N3O5S/c1-21(2)16-9-7-15(8-10-16)13-22(17-11-12-29(27,28)14-17)20(24)18-5-3-4-6-19(18)23(25)26/h3-10,17H,11-14H2,1-2H3/t17-/m1/s1. The van der Waals surface area contributed by atoms with E-state index in [0.29, 0.717) is 6.42 Å². The number of hydrogen-bond donors (Lipinski definition) is 0. The molecule has 1 amide bonds. The molecule has 29 heavy (non-hydrogen) atoms. The molecule has 1 fully saturated rings. The first kappa shape index (κ1) is 20.8. The molecule has 154 valence electrons. The third-order valence-electron chi connectivity index (χ3n) is 5.05. The van der Waals surface area contributed by atoms with Gasteiger partial charge >= 0.3 is 0 Å². The summed E-state index contributed by atoms with van der Waals surface area (Å²) in [6.07, 6.45) is 0.324. The fourth-order valence-corrected chi connectivity index (χ4v) is 5.18. The zero-order valence-corrected chi connectivity index (χ0v) is 17.1. The predicted octanol–water partition coefficient (Wildman–Crippen LogP) is 2.49. The molecule has 0 unspecified atom stereocenters. The highest BCUT2D eigenvalue weighted by atomic mass is 32.2. The van der Waals surface area contributed by atoms with Crippen molar-refractivity contribution in [2.75, 3.05) is 30.5 Å². The van der Waals surface area contributed by atoms with E-state index in [1.165, 1.54) is 23.1 Å². The number of amides is 1. The number of nitrogens with zero attached hydrogens (tertiary/aromatic N) is 3. The predicted molar refractivity (Wildman–Crippen MR) is 111 cm³/mol. The summed E-state index contributed by atoms with van der Waals surface area (Å²) >= 11 is 0. The van der Waals surface area contributed by atoms with Gasteiger partial charge < -0.3 is 9.80 Å². The van der Waals surface area contributed by atoms with Gasteiger partial charge in [0.15, 0.2) is 9.84 Å². The molecule has 0 N–H and O–H groups in total. The largest absolute Gasteiger partial charge is 0.378 e. The molecule has 1 atom stereocenters. The van der Waals surface area contributed by atoms with Gasteiger partial charge in [-0.2, -0.15) is 0 Å². The van der Waals surface area contributed by atoms with Crippen LogP contribution >= 0.6 is 0 Å². The lowest BCUT2D eigenvalue weighted by Crippen LogP contribution is -2.40. The maximum Gasteiger partial charge on any atom is 0.282 e. The quantitative estimate of drug-likeness (QED) is 0.529. The molecule has 1 aliphatic rings. The number of rotatable bonds is 6. The molecule has 0 radical (unpaired) electrons. The maximum atomic E-state index is 13.3. The molecule has 8 nitrogen and oxygen atoms in total. The van der Waals surface area contributed by atoms with E-state index in [4.69, 9.17) is 0 Å². The number of sulfone groups is 1. The van der Waals surface area contributed by atoms with Gasteiger partial charge in [0, 0.05) is 38.4 Å². The van der Waals surface area contributed by atoms with E-state index in [1.54, 1.807) is 6.07 Å². The number of nitro benzene ring substituents is 1. The Morgan fingerprint density at radius 1 is 1.14 bits per heavy atom. The van der Waals surface area contributed by atoms with Crippen LogP contribution in [-0.4, -0.2) is 55.8 Å². The number of carbonyl (C=O) groups excluding carboxylic acids is 1. The molecule has 0 saturated carbocycles. The Labute approximate surface area is 169 Å². The summed E-state index contributed by atoms with van der Waals surface area (Å²) in [4.78, 5) is 27.4. The van der Waals surface area contributed by atoms with Crippen LogP contribution in [-0.2, 0) is 16.4 Å². The van der Waals surface area contributed by atoms with E-state index < -0.39 is 26.7 Å². The average Bonchev–Trinajstić information content (AvgIpc) is 3.05. The third kappa shape index (κ3) is 4.73. The Hall–Kier alpha value is -2.94. The van der Waals surface area contributed by atoms with Gasteiger partial charge in [0.25, 0.3) is 11.6 Å². The molecule has 2 aromatic rings. The summed E-state index contributed by atoms with van der Waals surface area (Å²) < 4.78 is 24.0. The van der Waals surface area contributed by atoms with E-state index >= 15 is 0 Å². The fraction of sp³-hybridized carbons (Fsp3) is 0.350. The summed E-state index contributed by atoms with van der Waals surface area (Å²) in [7, 11) is 0.611. The molecule has 0 aromatic heterocycles. The summed E-state index contributed by atoms with van der Waals surface area (Å²) in [6.45, 7) is 0.179. The van der Waals surface area contributed by atoms with Gasteiger partial charge in [0.2, 0.25) is 0 Å². The molecule has 1 aliphatic heterocycles. The number of hydrogen-bond acceptors (Lipinski definition) is 6. The topological polar surface area (TPSA) is 101 Å². The van der Waals surface area contributed by atoms with Gasteiger partial charge in [0.05, 0.1) is 16.4 Å². The van der Waals surface area contributed by atoms with Gasteiger partial charge in [-0.05, 0) is 30.2 Å². The van der Waals surface area contributed by atoms with Crippen LogP contribution in [0, 0.1) is 10.1 Å². The van der Waals surface area contributed by atoms with Gasteiger partial charge in [-0.25, -0.2) is 8.42 Å². The van der Waals surface area contributed by atoms with Crippen LogP contribution in [0.25, 0.3) is 0 Å². The lowest BCUT2D eigenvalue weighted by Gasteiger charge is -2.28. The molecule has 1 saturated heterocycles. The van der Waals surface area contributed by atoms with Crippen LogP contribution in [0.5, 0.6) is 0 Å². The second-order valence-corrected chi connectivity index (χ2v) is 9.55. The highest BCUT2D eigenvalue weighted by Crippen LogP contribution is 2.26. The number of anilines is 1.